The fourth-order valence-electron chi connectivity index (χ4n) is 10.1. The van der Waals surface area contributed by atoms with Gasteiger partial charge < -0.3 is 35.4 Å². The molecule has 2 saturated heterocycles. The van der Waals surface area contributed by atoms with E-state index in [1.54, 1.807) is 48.4 Å². The maximum atomic E-state index is 14.3. The zero-order valence-electron chi connectivity index (χ0n) is 34.1. The Balaban J connectivity index is 1.16. The summed E-state index contributed by atoms with van der Waals surface area (Å²) >= 11 is 0. The minimum atomic E-state index is -0.923. The van der Waals surface area contributed by atoms with Gasteiger partial charge in [-0.1, -0.05) is 45.0 Å². The highest BCUT2D eigenvalue weighted by Gasteiger charge is 2.57. The van der Waals surface area contributed by atoms with Crippen molar-refractivity contribution in [3.8, 4) is 16.9 Å². The number of ether oxygens (including phenoxy) is 1. The van der Waals surface area contributed by atoms with Gasteiger partial charge in [-0.3, -0.25) is 19.2 Å². The highest BCUT2D eigenvalue weighted by atomic mass is 16.7. The quantitative estimate of drug-likeness (QED) is 0.203. The van der Waals surface area contributed by atoms with Crippen molar-refractivity contribution in [3.05, 3.63) is 71.9 Å². The van der Waals surface area contributed by atoms with Crippen LogP contribution >= 0.6 is 0 Å². The first-order chi connectivity index (χ1) is 27.2. The molecule has 2 aliphatic heterocycles. The summed E-state index contributed by atoms with van der Waals surface area (Å²) in [4.78, 5) is 56.0. The lowest BCUT2D eigenvalue weighted by atomic mass is 9.45. The minimum absolute atomic E-state index is 0.0174. The van der Waals surface area contributed by atoms with E-state index in [1.165, 1.54) is 6.42 Å². The molecule has 13 nitrogen and oxygen atoms in total. The summed E-state index contributed by atoms with van der Waals surface area (Å²) in [5, 5.41) is 29.1. The molecule has 3 aliphatic carbocycles. The number of hydrogen-bond acceptors (Lipinski definition) is 10. The fourth-order valence-corrected chi connectivity index (χ4v) is 10.1. The third-order valence-electron chi connectivity index (χ3n) is 13.4. The minimum Gasteiger partial charge on any atom is -0.496 e. The predicted octanol–water partition coefficient (Wildman–Crippen LogP) is 4.73. The molecular formula is C44H58N6O7. The first kappa shape index (κ1) is 40.6. The number of anilines is 2. The van der Waals surface area contributed by atoms with Crippen LogP contribution in [0.1, 0.15) is 69.3 Å². The molecular weight excluding hydrogens is 725 g/mol. The average molecular weight is 783 g/mol. The molecule has 5 aliphatic rings. The molecule has 3 amide bonds. The Hall–Kier alpha value is -4.56. The molecule has 1 aromatic heterocycles. The van der Waals surface area contributed by atoms with Crippen molar-refractivity contribution in [2.45, 2.75) is 90.3 Å². The van der Waals surface area contributed by atoms with Crippen molar-refractivity contribution in [2.75, 3.05) is 44.6 Å². The monoisotopic (exact) mass is 782 g/mol. The van der Waals surface area contributed by atoms with Crippen LogP contribution in [0.2, 0.25) is 0 Å². The van der Waals surface area contributed by atoms with E-state index < -0.39 is 30.2 Å². The number of rotatable bonds is 12. The smallest absolute Gasteiger partial charge is 0.254 e. The number of hydroxylamine groups is 2. The second-order valence-electron chi connectivity index (χ2n) is 17.3. The molecule has 57 heavy (non-hydrogen) atoms. The molecule has 8 rings (SSSR count). The van der Waals surface area contributed by atoms with Crippen molar-refractivity contribution in [1.82, 2.24) is 20.3 Å². The number of pyridine rings is 1. The highest BCUT2D eigenvalue weighted by molar-refractivity contribution is 6.02. The number of aromatic nitrogens is 1. The number of para-hydroxylation sites is 1. The van der Waals surface area contributed by atoms with Gasteiger partial charge in [0.15, 0.2) is 0 Å². The lowest BCUT2D eigenvalue weighted by Crippen LogP contribution is -2.62. The molecule has 4 N–H and O–H groups in total. The molecule has 3 aromatic rings. The summed E-state index contributed by atoms with van der Waals surface area (Å²) in [6, 6.07) is 15.2. The molecule has 2 bridgehead atoms. The Bertz CT molecular complexity index is 1960. The van der Waals surface area contributed by atoms with Crippen molar-refractivity contribution < 1.29 is 34.2 Å². The number of fused-ring (bicyclic) bond motifs is 2. The van der Waals surface area contributed by atoms with Gasteiger partial charge in [0.2, 0.25) is 11.8 Å². The van der Waals surface area contributed by atoms with Crippen LogP contribution in [0.15, 0.2) is 60.8 Å². The van der Waals surface area contributed by atoms with Crippen LogP contribution in [0.25, 0.3) is 11.1 Å². The van der Waals surface area contributed by atoms with Crippen molar-refractivity contribution in [3.63, 3.8) is 0 Å². The van der Waals surface area contributed by atoms with Crippen molar-refractivity contribution >= 4 is 29.2 Å². The molecule has 5 fully saturated rings. The number of nitrogens with zero attached hydrogens (tertiary/aromatic N) is 4. The Labute approximate surface area is 335 Å². The number of carbonyl (C=O) groups excluding carboxylic acids is 3. The molecule has 2 aromatic carbocycles. The van der Waals surface area contributed by atoms with Crippen LogP contribution < -0.4 is 20.3 Å². The van der Waals surface area contributed by atoms with Crippen LogP contribution in [0.4, 0.5) is 11.5 Å². The zero-order chi connectivity index (χ0) is 40.8. The number of methoxy groups -OCH3 is 1. The third kappa shape index (κ3) is 7.74. The molecule has 0 unspecified atom stereocenters. The standard InChI is InChI=1S/C44H58N6O7/c1-25-33-21-30(44(33,3)4)22-34(25)46-42(54)39-38(26(2)52)36(24-51)57-50(39)23-27-12-10-13-32(40(27)56-7)28-18-29(20-31(19-28)48(5)6)43(55)49-17-11-14-35(49)41(53)47-37-15-8-9-16-45-37/h8-10,12-13,15-16,18-20,25-26,30,33-36,38-39,51-52H,11,14,17,21-24H2,1-7H3,(H,46,54)(H,45,47,53)/t25-,26-,30+,33-,34-,35-,36-,38+,39-/m0/s1. The largest absolute Gasteiger partial charge is 0.496 e. The van der Waals surface area contributed by atoms with Gasteiger partial charge in [-0.15, -0.1) is 0 Å². The molecule has 13 heteroatoms. The van der Waals surface area contributed by atoms with Gasteiger partial charge in [-0.2, -0.15) is 5.06 Å². The van der Waals surface area contributed by atoms with E-state index in [0.29, 0.717) is 54.3 Å². The van der Waals surface area contributed by atoms with E-state index in [1.807, 2.05) is 55.4 Å². The number of aliphatic hydroxyl groups excluding tert-OH is 2. The second-order valence-corrected chi connectivity index (χ2v) is 17.3. The number of likely N-dealkylation sites (tertiary alicyclic amines) is 1. The van der Waals surface area contributed by atoms with Crippen LogP contribution in [-0.4, -0.2) is 108 Å². The number of aliphatic hydroxyl groups is 2. The van der Waals surface area contributed by atoms with Crippen molar-refractivity contribution in [2.24, 2.45) is 29.1 Å². The topological polar surface area (TPSA) is 157 Å². The Kier molecular flexibility index (Phi) is 11.7. The fraction of sp³-hybridized carbons (Fsp3) is 0.545. The molecule has 0 spiro atoms. The third-order valence-corrected chi connectivity index (χ3v) is 13.4. The SMILES string of the molecule is COc1c(CN2O[C@@H](CO)[C@@H]([C@H](C)O)[C@H]2C(=O)N[C@H]2C[C@H]3C[C@@H]([C@@H]2C)C3(C)C)cccc1-c1cc(C(=O)N2CCC[C@H]2C(=O)Nc2ccccn2)cc(N(C)C)c1. The molecule has 306 valence electrons. The summed E-state index contributed by atoms with van der Waals surface area (Å²) in [5.74, 6) is 0.965. The van der Waals surface area contributed by atoms with Crippen LogP contribution in [0.5, 0.6) is 5.75 Å². The maximum Gasteiger partial charge on any atom is 0.254 e. The zero-order valence-corrected chi connectivity index (χ0v) is 34.1. The van der Waals surface area contributed by atoms with E-state index >= 15 is 0 Å². The summed E-state index contributed by atoms with van der Waals surface area (Å²) < 4.78 is 6.09. The average Bonchev–Trinajstić information content (AvgIpc) is 3.84. The first-order valence-electron chi connectivity index (χ1n) is 20.3. The number of hydrogen-bond donors (Lipinski definition) is 4. The Morgan fingerprint density at radius 2 is 1.88 bits per heavy atom. The summed E-state index contributed by atoms with van der Waals surface area (Å²) in [7, 11) is 5.40. The van der Waals surface area contributed by atoms with E-state index in [2.05, 4.69) is 36.4 Å². The molecule has 9 atom stereocenters. The highest BCUT2D eigenvalue weighted by Crippen LogP contribution is 2.61. The first-order valence-corrected chi connectivity index (χ1v) is 20.3. The summed E-state index contributed by atoms with van der Waals surface area (Å²) in [6.45, 7) is 8.74. The maximum absolute atomic E-state index is 14.3. The van der Waals surface area contributed by atoms with Crippen LogP contribution in [0, 0.1) is 29.1 Å². The Morgan fingerprint density at radius 3 is 2.53 bits per heavy atom. The molecule has 0 radical (unpaired) electrons. The van der Waals surface area contributed by atoms with Gasteiger partial charge in [0.25, 0.3) is 5.91 Å². The van der Waals surface area contributed by atoms with Gasteiger partial charge in [0.1, 0.15) is 29.8 Å². The number of nitrogens with one attached hydrogen (secondary N) is 2. The van der Waals surface area contributed by atoms with Gasteiger partial charge in [-0.25, -0.2) is 4.98 Å². The van der Waals surface area contributed by atoms with E-state index in [4.69, 9.17) is 9.57 Å². The van der Waals surface area contributed by atoms with Crippen LogP contribution in [0.3, 0.4) is 0 Å². The molecule has 3 heterocycles. The lowest BCUT2D eigenvalue weighted by molar-refractivity contribution is -0.183. The van der Waals surface area contributed by atoms with Crippen molar-refractivity contribution in [1.29, 1.82) is 0 Å². The lowest BCUT2D eigenvalue weighted by Gasteiger charge is -2.62. The van der Waals surface area contributed by atoms with Crippen LogP contribution in [-0.2, 0) is 21.0 Å². The number of amides is 3. The summed E-state index contributed by atoms with van der Waals surface area (Å²) in [6.07, 6.45) is 3.25. The van der Waals surface area contributed by atoms with Gasteiger partial charge in [-0.05, 0) is 91.7 Å². The van der Waals surface area contributed by atoms with Gasteiger partial charge >= 0.3 is 0 Å². The number of benzene rings is 2. The van der Waals surface area contributed by atoms with E-state index in [9.17, 15) is 24.6 Å². The van der Waals surface area contributed by atoms with E-state index in [-0.39, 0.29) is 42.3 Å². The van der Waals surface area contributed by atoms with Gasteiger partial charge in [0.05, 0.1) is 26.4 Å². The normalized spacial score (nSPS) is 28.3. The number of carbonyl (C=O) groups is 3. The second kappa shape index (κ2) is 16.4. The Morgan fingerprint density at radius 1 is 1.09 bits per heavy atom. The van der Waals surface area contributed by atoms with E-state index in [0.717, 1.165) is 28.8 Å². The van der Waals surface area contributed by atoms with Gasteiger partial charge in [0, 0.05) is 61.2 Å². The predicted molar refractivity (Wildman–Crippen MR) is 217 cm³/mol. The molecule has 3 saturated carbocycles. The summed E-state index contributed by atoms with van der Waals surface area (Å²) in [5.41, 5.74) is 3.67.